The molecule has 0 aliphatic carbocycles. The van der Waals surface area contributed by atoms with Gasteiger partial charge in [0.05, 0.1) is 17.7 Å². The first-order valence-electron chi connectivity index (χ1n) is 4.09. The highest BCUT2D eigenvalue weighted by Gasteiger charge is 2.13. The van der Waals surface area contributed by atoms with E-state index in [-0.39, 0.29) is 0 Å². The maximum atomic E-state index is 9.52. The molecule has 13 heavy (non-hydrogen) atoms. The molecular formula is C10H13BrO2. The zero-order valence-corrected chi connectivity index (χ0v) is 9.55. The number of hydrogen-bond acceptors (Lipinski definition) is 2. The molecule has 0 aliphatic rings. The molecule has 2 nitrogen and oxygen atoms in total. The Balaban J connectivity index is 3.30. The third-order valence-electron chi connectivity index (χ3n) is 2.00. The summed E-state index contributed by atoms with van der Waals surface area (Å²) in [7, 11) is 1.61. The quantitative estimate of drug-likeness (QED) is 0.868. The van der Waals surface area contributed by atoms with Gasteiger partial charge in [-0.2, -0.15) is 0 Å². The third kappa shape index (κ3) is 2.03. The van der Waals surface area contributed by atoms with Gasteiger partial charge in [-0.15, -0.1) is 0 Å². The lowest BCUT2D eigenvalue weighted by atomic mass is 10.0. The van der Waals surface area contributed by atoms with Crippen LogP contribution in [-0.2, 0) is 0 Å². The fourth-order valence-electron chi connectivity index (χ4n) is 1.34. The van der Waals surface area contributed by atoms with Gasteiger partial charge >= 0.3 is 0 Å². The van der Waals surface area contributed by atoms with Gasteiger partial charge in [0.15, 0.2) is 0 Å². The van der Waals surface area contributed by atoms with Crippen LogP contribution in [0.3, 0.4) is 0 Å². The van der Waals surface area contributed by atoms with E-state index in [0.717, 1.165) is 21.3 Å². The summed E-state index contributed by atoms with van der Waals surface area (Å²) in [6, 6.07) is 3.82. The van der Waals surface area contributed by atoms with Crippen molar-refractivity contribution in [3.63, 3.8) is 0 Å². The predicted molar refractivity (Wildman–Crippen MR) is 56.1 cm³/mol. The number of methoxy groups -OCH3 is 1. The van der Waals surface area contributed by atoms with E-state index >= 15 is 0 Å². The standard InChI is InChI=1S/C10H13BrO2/c1-6-4-5-8(13-3)10(11)9(6)7(2)12/h4-5,7,12H,1-3H3. The second-order valence-electron chi connectivity index (χ2n) is 2.99. The summed E-state index contributed by atoms with van der Waals surface area (Å²) in [5.74, 6) is 0.751. The van der Waals surface area contributed by atoms with Crippen molar-refractivity contribution in [3.05, 3.63) is 27.7 Å². The van der Waals surface area contributed by atoms with Crippen molar-refractivity contribution < 1.29 is 9.84 Å². The number of aliphatic hydroxyl groups is 1. The predicted octanol–water partition coefficient (Wildman–Crippen LogP) is 2.82. The fourth-order valence-corrected chi connectivity index (χ4v) is 2.28. The van der Waals surface area contributed by atoms with Crippen LogP contribution in [0.4, 0.5) is 0 Å². The topological polar surface area (TPSA) is 29.5 Å². The summed E-state index contributed by atoms with van der Waals surface area (Å²) in [5, 5.41) is 9.52. The van der Waals surface area contributed by atoms with Crippen LogP contribution >= 0.6 is 15.9 Å². The number of aliphatic hydroxyl groups excluding tert-OH is 1. The molecule has 1 aromatic carbocycles. The highest BCUT2D eigenvalue weighted by molar-refractivity contribution is 9.10. The number of hydrogen-bond donors (Lipinski definition) is 1. The van der Waals surface area contributed by atoms with Gasteiger partial charge in [0, 0.05) is 5.56 Å². The van der Waals surface area contributed by atoms with Gasteiger partial charge in [0.2, 0.25) is 0 Å². The summed E-state index contributed by atoms with van der Waals surface area (Å²) in [6.07, 6.45) is -0.482. The van der Waals surface area contributed by atoms with E-state index < -0.39 is 6.10 Å². The minimum atomic E-state index is -0.482. The lowest BCUT2D eigenvalue weighted by Gasteiger charge is -2.14. The molecule has 0 bridgehead atoms. The normalized spacial score (nSPS) is 12.7. The van der Waals surface area contributed by atoms with Crippen LogP contribution in [0.5, 0.6) is 5.75 Å². The van der Waals surface area contributed by atoms with Gasteiger partial charge in [0.1, 0.15) is 5.75 Å². The van der Waals surface area contributed by atoms with Crippen molar-refractivity contribution >= 4 is 15.9 Å². The molecule has 0 spiro atoms. The number of halogens is 1. The Morgan fingerprint density at radius 2 is 2.08 bits per heavy atom. The Kier molecular flexibility index (Phi) is 3.33. The van der Waals surface area contributed by atoms with E-state index in [4.69, 9.17) is 4.74 Å². The Bertz CT molecular complexity index is 308. The highest BCUT2D eigenvalue weighted by Crippen LogP contribution is 2.34. The molecule has 0 fully saturated rings. The largest absolute Gasteiger partial charge is 0.496 e. The van der Waals surface area contributed by atoms with E-state index in [9.17, 15) is 5.11 Å². The molecule has 0 radical (unpaired) electrons. The van der Waals surface area contributed by atoms with Gasteiger partial charge in [-0.1, -0.05) is 6.07 Å². The van der Waals surface area contributed by atoms with Gasteiger partial charge in [-0.05, 0) is 41.4 Å². The Morgan fingerprint density at radius 1 is 1.46 bits per heavy atom. The van der Waals surface area contributed by atoms with E-state index in [0.29, 0.717) is 0 Å². The summed E-state index contributed by atoms with van der Waals surface area (Å²) >= 11 is 3.41. The minimum absolute atomic E-state index is 0.482. The molecule has 0 heterocycles. The third-order valence-corrected chi connectivity index (χ3v) is 2.82. The molecule has 0 saturated heterocycles. The summed E-state index contributed by atoms with van der Waals surface area (Å²) in [4.78, 5) is 0. The number of ether oxygens (including phenoxy) is 1. The lowest BCUT2D eigenvalue weighted by Crippen LogP contribution is -1.98. The van der Waals surface area contributed by atoms with E-state index in [1.54, 1.807) is 14.0 Å². The van der Waals surface area contributed by atoms with Gasteiger partial charge in [-0.25, -0.2) is 0 Å². The molecule has 1 N–H and O–H groups in total. The van der Waals surface area contributed by atoms with Crippen LogP contribution in [0.2, 0.25) is 0 Å². The molecule has 72 valence electrons. The molecule has 0 aromatic heterocycles. The molecule has 1 aromatic rings. The molecule has 0 aliphatic heterocycles. The number of aryl methyl sites for hydroxylation is 1. The number of benzene rings is 1. The smallest absolute Gasteiger partial charge is 0.133 e. The maximum absolute atomic E-state index is 9.52. The Labute approximate surface area is 86.7 Å². The molecule has 3 heteroatoms. The van der Waals surface area contributed by atoms with Crippen molar-refractivity contribution in [1.82, 2.24) is 0 Å². The van der Waals surface area contributed by atoms with Gasteiger partial charge in [0.25, 0.3) is 0 Å². The van der Waals surface area contributed by atoms with Crippen molar-refractivity contribution in [2.75, 3.05) is 7.11 Å². The average molecular weight is 245 g/mol. The van der Waals surface area contributed by atoms with Crippen LogP contribution in [0, 0.1) is 6.92 Å². The molecule has 1 unspecified atom stereocenters. The van der Waals surface area contributed by atoms with Crippen LogP contribution in [0.25, 0.3) is 0 Å². The highest BCUT2D eigenvalue weighted by atomic mass is 79.9. The number of rotatable bonds is 2. The second kappa shape index (κ2) is 4.11. The van der Waals surface area contributed by atoms with Crippen LogP contribution in [0.1, 0.15) is 24.2 Å². The summed E-state index contributed by atoms with van der Waals surface area (Å²) in [6.45, 7) is 3.71. The van der Waals surface area contributed by atoms with Crippen molar-refractivity contribution in [2.24, 2.45) is 0 Å². The summed E-state index contributed by atoms with van der Waals surface area (Å²) in [5.41, 5.74) is 1.95. The first kappa shape index (κ1) is 10.5. The minimum Gasteiger partial charge on any atom is -0.496 e. The lowest BCUT2D eigenvalue weighted by molar-refractivity contribution is 0.197. The molecular weight excluding hydrogens is 232 g/mol. The van der Waals surface area contributed by atoms with Gasteiger partial charge < -0.3 is 9.84 Å². The van der Waals surface area contributed by atoms with Crippen LogP contribution in [-0.4, -0.2) is 12.2 Å². The Morgan fingerprint density at radius 3 is 2.54 bits per heavy atom. The van der Waals surface area contributed by atoms with Crippen molar-refractivity contribution in [1.29, 1.82) is 0 Å². The first-order chi connectivity index (χ1) is 6.07. The molecule has 1 atom stereocenters. The van der Waals surface area contributed by atoms with E-state index in [2.05, 4.69) is 15.9 Å². The monoisotopic (exact) mass is 244 g/mol. The Hall–Kier alpha value is -0.540. The van der Waals surface area contributed by atoms with Crippen LogP contribution < -0.4 is 4.74 Å². The fraction of sp³-hybridized carbons (Fsp3) is 0.400. The second-order valence-corrected chi connectivity index (χ2v) is 3.78. The zero-order valence-electron chi connectivity index (χ0n) is 7.97. The van der Waals surface area contributed by atoms with Gasteiger partial charge in [-0.3, -0.25) is 0 Å². The zero-order chi connectivity index (χ0) is 10.0. The maximum Gasteiger partial charge on any atom is 0.133 e. The van der Waals surface area contributed by atoms with E-state index in [1.807, 2.05) is 19.1 Å². The average Bonchev–Trinajstić information content (AvgIpc) is 2.04. The molecule has 0 saturated carbocycles. The van der Waals surface area contributed by atoms with Crippen LogP contribution in [0.15, 0.2) is 16.6 Å². The van der Waals surface area contributed by atoms with Crippen molar-refractivity contribution in [3.8, 4) is 5.75 Å². The SMILES string of the molecule is COc1ccc(C)c(C(C)O)c1Br. The summed E-state index contributed by atoms with van der Waals surface area (Å²) < 4.78 is 5.97. The molecule has 0 amide bonds. The first-order valence-corrected chi connectivity index (χ1v) is 4.88. The van der Waals surface area contributed by atoms with E-state index in [1.165, 1.54) is 0 Å². The van der Waals surface area contributed by atoms with Crippen molar-refractivity contribution in [2.45, 2.75) is 20.0 Å². The molecule has 1 rings (SSSR count).